The van der Waals surface area contributed by atoms with Crippen molar-refractivity contribution in [2.75, 3.05) is 6.54 Å². The van der Waals surface area contributed by atoms with Crippen LogP contribution in [0.2, 0.25) is 0 Å². The van der Waals surface area contributed by atoms with Crippen molar-refractivity contribution >= 4 is 23.4 Å². The molecular formula is C12H11N5O. The molecule has 0 aromatic carbocycles. The molecule has 0 aliphatic heterocycles. The highest BCUT2D eigenvalue weighted by atomic mass is 16.1. The first-order valence-electron chi connectivity index (χ1n) is 5.45. The van der Waals surface area contributed by atoms with E-state index >= 15 is 0 Å². The van der Waals surface area contributed by atoms with Crippen LogP contribution in [0.15, 0.2) is 29.7 Å². The zero-order valence-electron chi connectivity index (χ0n) is 9.58. The number of rotatable bonds is 5. The normalized spacial score (nSPS) is 10.7. The number of carbonyl (C=O) groups excluding carboxylic acids is 1. The molecule has 0 radical (unpaired) electrons. The molecule has 2 rings (SSSR count). The van der Waals surface area contributed by atoms with E-state index in [0.29, 0.717) is 24.2 Å². The van der Waals surface area contributed by atoms with Gasteiger partial charge in [-0.15, -0.1) is 0 Å². The fourth-order valence-electron chi connectivity index (χ4n) is 1.62. The molecule has 2 aromatic rings. The fraction of sp³-hybridized carbons (Fsp3) is 0.167. The molecule has 0 unspecified atom stereocenters. The van der Waals surface area contributed by atoms with E-state index in [2.05, 4.69) is 20.0 Å². The zero-order valence-corrected chi connectivity index (χ0v) is 9.58. The maximum atomic E-state index is 10.8. The first kappa shape index (κ1) is 11.9. The zero-order chi connectivity index (χ0) is 12.8. The molecule has 6 heteroatoms. The summed E-state index contributed by atoms with van der Waals surface area (Å²) in [5, 5.41) is 4.24. The number of aromatic nitrogens is 2. The van der Waals surface area contributed by atoms with Crippen molar-refractivity contribution < 1.29 is 4.79 Å². The molecule has 0 saturated heterocycles. The van der Waals surface area contributed by atoms with Crippen LogP contribution in [-0.2, 0) is 0 Å². The van der Waals surface area contributed by atoms with Crippen molar-refractivity contribution in [2.45, 2.75) is 6.42 Å². The van der Waals surface area contributed by atoms with Crippen molar-refractivity contribution in [3.63, 3.8) is 0 Å². The summed E-state index contributed by atoms with van der Waals surface area (Å²) in [5.74, 6) is 0. The number of aldehydes is 1. The van der Waals surface area contributed by atoms with E-state index < -0.39 is 0 Å². The van der Waals surface area contributed by atoms with Crippen LogP contribution in [0.25, 0.3) is 27.6 Å². The number of nitrogens with zero attached hydrogens (tertiary/aromatic N) is 4. The van der Waals surface area contributed by atoms with E-state index in [1.54, 1.807) is 12.4 Å². The third-order valence-corrected chi connectivity index (χ3v) is 2.48. The Kier molecular flexibility index (Phi) is 3.73. The van der Waals surface area contributed by atoms with Crippen LogP contribution in [0.1, 0.15) is 22.3 Å². The molecule has 6 nitrogen and oxygen atoms in total. The highest BCUT2D eigenvalue weighted by molar-refractivity contribution is 5.96. The average Bonchev–Trinajstić information content (AvgIpc) is 2.81. The highest BCUT2D eigenvalue weighted by Crippen LogP contribution is 2.16. The Hall–Kier alpha value is -2.59. The molecule has 0 aliphatic carbocycles. The number of pyridine rings is 1. The number of carbonyl (C=O) groups is 1. The summed E-state index contributed by atoms with van der Waals surface area (Å²) < 4.78 is 0. The maximum absolute atomic E-state index is 10.8. The standard InChI is InChI=1S/C12H11N5O/c13-17-16-4-2-1-3-9-5-11-10(8-18)7-15-12(11)14-6-9/h1,3,5-8H,2,4H2,(H,14,15). The van der Waals surface area contributed by atoms with Gasteiger partial charge in [0.05, 0.1) is 0 Å². The number of H-pyrrole nitrogens is 1. The summed E-state index contributed by atoms with van der Waals surface area (Å²) in [4.78, 5) is 20.6. The topological polar surface area (TPSA) is 94.5 Å². The second-order valence-electron chi connectivity index (χ2n) is 3.67. The lowest BCUT2D eigenvalue weighted by atomic mass is 10.1. The molecule has 2 aromatic heterocycles. The van der Waals surface area contributed by atoms with Gasteiger partial charge >= 0.3 is 0 Å². The minimum atomic E-state index is 0.437. The van der Waals surface area contributed by atoms with Gasteiger partial charge in [-0.3, -0.25) is 4.79 Å². The lowest BCUT2D eigenvalue weighted by Crippen LogP contribution is -1.81. The van der Waals surface area contributed by atoms with Gasteiger partial charge in [0.1, 0.15) is 5.65 Å². The quantitative estimate of drug-likeness (QED) is 0.286. The van der Waals surface area contributed by atoms with Gasteiger partial charge in [0.15, 0.2) is 6.29 Å². The largest absolute Gasteiger partial charge is 0.345 e. The Morgan fingerprint density at radius 1 is 1.56 bits per heavy atom. The Balaban J connectivity index is 2.18. The number of aromatic amines is 1. The average molecular weight is 241 g/mol. The molecule has 0 atom stereocenters. The van der Waals surface area contributed by atoms with Gasteiger partial charge in [-0.25, -0.2) is 4.98 Å². The molecule has 0 bridgehead atoms. The maximum Gasteiger partial charge on any atom is 0.152 e. The number of hydrogen-bond acceptors (Lipinski definition) is 3. The molecular weight excluding hydrogens is 230 g/mol. The molecule has 0 spiro atoms. The van der Waals surface area contributed by atoms with Crippen LogP contribution in [-0.4, -0.2) is 22.8 Å². The predicted octanol–water partition coefficient (Wildman–Crippen LogP) is 3.09. The van der Waals surface area contributed by atoms with Gasteiger partial charge in [-0.1, -0.05) is 17.3 Å². The fourth-order valence-corrected chi connectivity index (χ4v) is 1.62. The van der Waals surface area contributed by atoms with Gasteiger partial charge in [-0.2, -0.15) is 0 Å². The number of nitrogens with one attached hydrogen (secondary N) is 1. The van der Waals surface area contributed by atoms with E-state index in [4.69, 9.17) is 5.53 Å². The summed E-state index contributed by atoms with van der Waals surface area (Å²) in [6.45, 7) is 0.437. The van der Waals surface area contributed by atoms with Crippen molar-refractivity contribution in [3.05, 3.63) is 46.1 Å². The Morgan fingerprint density at radius 3 is 3.22 bits per heavy atom. The molecule has 2 heterocycles. The summed E-state index contributed by atoms with van der Waals surface area (Å²) >= 11 is 0. The minimum Gasteiger partial charge on any atom is -0.345 e. The molecule has 18 heavy (non-hydrogen) atoms. The van der Waals surface area contributed by atoms with E-state index in [-0.39, 0.29) is 0 Å². The first-order valence-corrected chi connectivity index (χ1v) is 5.45. The van der Waals surface area contributed by atoms with E-state index in [0.717, 1.165) is 17.2 Å². The minimum absolute atomic E-state index is 0.437. The van der Waals surface area contributed by atoms with Crippen LogP contribution in [0, 0.1) is 0 Å². The molecule has 0 saturated carbocycles. The van der Waals surface area contributed by atoms with Gasteiger partial charge in [0.25, 0.3) is 0 Å². The lowest BCUT2D eigenvalue weighted by Gasteiger charge is -1.94. The second-order valence-corrected chi connectivity index (χ2v) is 3.67. The summed E-state index contributed by atoms with van der Waals surface area (Å²) in [6.07, 6.45) is 8.63. The predicted molar refractivity (Wildman–Crippen MR) is 69.1 cm³/mol. The van der Waals surface area contributed by atoms with Crippen molar-refractivity contribution in [1.29, 1.82) is 0 Å². The van der Waals surface area contributed by atoms with Gasteiger partial charge in [0.2, 0.25) is 0 Å². The summed E-state index contributed by atoms with van der Waals surface area (Å²) in [5.41, 5.74) is 10.3. The Labute approximate surface area is 103 Å². The second kappa shape index (κ2) is 5.65. The van der Waals surface area contributed by atoms with Crippen LogP contribution in [0.4, 0.5) is 0 Å². The van der Waals surface area contributed by atoms with Gasteiger partial charge in [-0.05, 0) is 23.6 Å². The highest BCUT2D eigenvalue weighted by Gasteiger charge is 2.03. The third-order valence-electron chi connectivity index (χ3n) is 2.48. The number of fused-ring (bicyclic) bond motifs is 1. The molecule has 0 aliphatic rings. The Bertz CT molecular complexity index is 637. The van der Waals surface area contributed by atoms with Crippen molar-refractivity contribution in [3.8, 4) is 0 Å². The molecule has 1 N–H and O–H groups in total. The van der Waals surface area contributed by atoms with E-state index in [1.807, 2.05) is 18.2 Å². The van der Waals surface area contributed by atoms with Crippen LogP contribution < -0.4 is 0 Å². The smallest absolute Gasteiger partial charge is 0.152 e. The monoisotopic (exact) mass is 241 g/mol. The van der Waals surface area contributed by atoms with E-state index in [1.165, 1.54) is 0 Å². The Morgan fingerprint density at radius 2 is 2.44 bits per heavy atom. The lowest BCUT2D eigenvalue weighted by molar-refractivity contribution is 0.112. The molecule has 0 amide bonds. The molecule has 0 fully saturated rings. The third kappa shape index (κ3) is 2.56. The van der Waals surface area contributed by atoms with Crippen LogP contribution in [0.3, 0.4) is 0 Å². The van der Waals surface area contributed by atoms with Crippen LogP contribution >= 0.6 is 0 Å². The molecule has 90 valence electrons. The van der Waals surface area contributed by atoms with Gasteiger partial charge < -0.3 is 4.98 Å². The number of azide groups is 1. The van der Waals surface area contributed by atoms with Crippen molar-refractivity contribution in [2.24, 2.45) is 5.11 Å². The number of hydrogen-bond donors (Lipinski definition) is 1. The summed E-state index contributed by atoms with van der Waals surface area (Å²) in [6, 6.07) is 1.90. The first-order chi connectivity index (χ1) is 8.85. The summed E-state index contributed by atoms with van der Waals surface area (Å²) in [7, 11) is 0. The van der Waals surface area contributed by atoms with Crippen LogP contribution in [0.5, 0.6) is 0 Å². The van der Waals surface area contributed by atoms with Gasteiger partial charge in [0, 0.05) is 34.8 Å². The SMILES string of the molecule is [N-]=[N+]=NCCC=Cc1cnc2[nH]cc(C=O)c2c1. The van der Waals surface area contributed by atoms with Crippen molar-refractivity contribution in [1.82, 2.24) is 9.97 Å². The van der Waals surface area contributed by atoms with E-state index in [9.17, 15) is 4.79 Å².